The van der Waals surface area contributed by atoms with E-state index in [0.29, 0.717) is 5.56 Å². The molecule has 0 aliphatic carbocycles. The monoisotopic (exact) mass is 514 g/mol. The molecule has 4 aromatic carbocycles. The molecule has 0 N–H and O–H groups in total. The lowest BCUT2D eigenvalue weighted by Crippen LogP contribution is -2.25. The third-order valence-corrected chi connectivity index (χ3v) is 9.91. The number of nitrogens with zero attached hydrogens (tertiary/aromatic N) is 2. The Morgan fingerprint density at radius 2 is 1.24 bits per heavy atom. The van der Waals surface area contributed by atoms with E-state index >= 15 is 0 Å². The Balaban J connectivity index is 1.83. The minimum atomic E-state index is -2.48. The number of carbonyl (C=O) groups excluding carboxylic acids is 1. The van der Waals surface area contributed by atoms with E-state index in [1.165, 1.54) is 7.11 Å². The smallest absolute Gasteiger partial charge is 0.337 e. The van der Waals surface area contributed by atoms with E-state index in [1.54, 1.807) is 18.5 Å². The second-order valence-electron chi connectivity index (χ2n) is 8.62. The molecule has 0 atom stereocenters. The Hall–Kier alpha value is -4.53. The fraction of sp³-hybridized carbons (Fsp3) is 0.0303. The van der Waals surface area contributed by atoms with Gasteiger partial charge in [-0.05, 0) is 35.9 Å². The van der Waals surface area contributed by atoms with Crippen molar-refractivity contribution in [1.82, 2.24) is 4.98 Å². The standard InChI is InChI=1S/C33H27N2O2P/c1-37-33(36)28-19-20-32(27(25-28)18-17-26-21-23-34-24-22-26)35-38(29-11-5-2-6-12-29,30-13-7-3-8-14-30)31-15-9-4-10-16-31/h2-25H,1H3/b18-17+. The summed E-state index contributed by atoms with van der Waals surface area (Å²) >= 11 is 0. The molecule has 0 unspecified atom stereocenters. The van der Waals surface area contributed by atoms with Crippen LogP contribution in [0, 0.1) is 0 Å². The number of carbonyl (C=O) groups is 1. The third-order valence-electron chi connectivity index (χ3n) is 6.26. The van der Waals surface area contributed by atoms with Gasteiger partial charge in [0.05, 0.1) is 25.4 Å². The van der Waals surface area contributed by atoms with Gasteiger partial charge in [0.2, 0.25) is 0 Å². The van der Waals surface area contributed by atoms with Crippen LogP contribution in [0.2, 0.25) is 0 Å². The van der Waals surface area contributed by atoms with E-state index in [1.807, 2.05) is 54.6 Å². The second-order valence-corrected chi connectivity index (χ2v) is 11.6. The number of pyridine rings is 1. The highest BCUT2D eigenvalue weighted by atomic mass is 31.2. The van der Waals surface area contributed by atoms with E-state index in [9.17, 15) is 4.79 Å². The number of esters is 1. The van der Waals surface area contributed by atoms with Crippen molar-refractivity contribution < 1.29 is 9.53 Å². The van der Waals surface area contributed by atoms with Crippen molar-refractivity contribution in [2.45, 2.75) is 0 Å². The maximum Gasteiger partial charge on any atom is 0.337 e. The third kappa shape index (κ3) is 5.27. The first-order valence-electron chi connectivity index (χ1n) is 12.3. The molecular formula is C33H27N2O2P. The molecule has 0 fully saturated rings. The van der Waals surface area contributed by atoms with Crippen LogP contribution in [-0.2, 0) is 4.74 Å². The quantitative estimate of drug-likeness (QED) is 0.176. The summed E-state index contributed by atoms with van der Waals surface area (Å²) in [5.41, 5.74) is 3.11. The van der Waals surface area contributed by atoms with Crippen molar-refractivity contribution >= 4 is 46.8 Å². The number of hydrogen-bond donors (Lipinski definition) is 0. The molecule has 5 aromatic rings. The first-order valence-corrected chi connectivity index (χ1v) is 14.0. The van der Waals surface area contributed by atoms with Gasteiger partial charge in [-0.2, -0.15) is 0 Å². The zero-order valence-corrected chi connectivity index (χ0v) is 21.9. The highest BCUT2D eigenvalue weighted by Crippen LogP contribution is 2.50. The summed E-state index contributed by atoms with van der Waals surface area (Å²) in [6, 6.07) is 40.9. The summed E-state index contributed by atoms with van der Waals surface area (Å²) in [4.78, 5) is 16.5. The number of benzene rings is 4. The van der Waals surface area contributed by atoms with Gasteiger partial charge in [0.25, 0.3) is 0 Å². The van der Waals surface area contributed by atoms with Crippen LogP contribution in [-0.4, -0.2) is 18.1 Å². The van der Waals surface area contributed by atoms with E-state index in [4.69, 9.17) is 9.48 Å². The molecule has 4 nitrogen and oxygen atoms in total. The molecule has 5 heteroatoms. The molecule has 186 valence electrons. The predicted octanol–water partition coefficient (Wildman–Crippen LogP) is 6.85. The van der Waals surface area contributed by atoms with Gasteiger partial charge in [0.1, 0.15) is 0 Å². The molecule has 38 heavy (non-hydrogen) atoms. The number of rotatable bonds is 7. The summed E-state index contributed by atoms with van der Waals surface area (Å²) < 4.78 is 10.6. The number of methoxy groups -OCH3 is 1. The van der Waals surface area contributed by atoms with Crippen LogP contribution >= 0.6 is 7.05 Å². The molecule has 0 aliphatic rings. The molecule has 5 rings (SSSR count). The van der Waals surface area contributed by atoms with Gasteiger partial charge in [-0.3, -0.25) is 9.73 Å². The van der Waals surface area contributed by atoms with Crippen LogP contribution in [0.25, 0.3) is 12.2 Å². The van der Waals surface area contributed by atoms with Crippen LogP contribution in [0.4, 0.5) is 5.69 Å². The molecular weight excluding hydrogens is 487 g/mol. The fourth-order valence-corrected chi connectivity index (χ4v) is 7.95. The molecule has 0 saturated heterocycles. The highest BCUT2D eigenvalue weighted by molar-refractivity contribution is 7.87. The van der Waals surface area contributed by atoms with Gasteiger partial charge in [-0.25, -0.2) is 4.79 Å². The molecule has 0 bridgehead atoms. The van der Waals surface area contributed by atoms with Crippen LogP contribution in [0.15, 0.2) is 138 Å². The first-order chi connectivity index (χ1) is 18.7. The van der Waals surface area contributed by atoms with Crippen LogP contribution in [0.3, 0.4) is 0 Å². The average Bonchev–Trinajstić information content (AvgIpc) is 3.00. The lowest BCUT2D eigenvalue weighted by Gasteiger charge is -2.27. The molecule has 0 saturated carbocycles. The van der Waals surface area contributed by atoms with Crippen LogP contribution < -0.4 is 15.9 Å². The van der Waals surface area contributed by atoms with E-state index in [2.05, 4.69) is 77.8 Å². The average molecular weight is 515 g/mol. The largest absolute Gasteiger partial charge is 0.465 e. The summed E-state index contributed by atoms with van der Waals surface area (Å²) in [7, 11) is -1.09. The lowest BCUT2D eigenvalue weighted by molar-refractivity contribution is 0.0600. The molecule has 1 aromatic heterocycles. The Labute approximate surface area is 223 Å². The topological polar surface area (TPSA) is 51.5 Å². The normalized spacial score (nSPS) is 11.3. The number of aromatic nitrogens is 1. The SMILES string of the molecule is COC(=O)c1ccc(N=P(c2ccccc2)(c2ccccc2)c2ccccc2)c(/C=C/c2ccncc2)c1. The lowest BCUT2D eigenvalue weighted by atomic mass is 10.1. The Bertz CT molecular complexity index is 1500. The van der Waals surface area contributed by atoms with Gasteiger partial charge in [-0.15, -0.1) is 0 Å². The summed E-state index contributed by atoms with van der Waals surface area (Å²) in [5.74, 6) is -0.384. The number of hydrogen-bond acceptors (Lipinski definition) is 4. The highest BCUT2D eigenvalue weighted by Gasteiger charge is 2.27. The van der Waals surface area contributed by atoms with Crippen molar-refractivity contribution in [3.05, 3.63) is 150 Å². The van der Waals surface area contributed by atoms with Crippen molar-refractivity contribution in [2.75, 3.05) is 7.11 Å². The summed E-state index contributed by atoms with van der Waals surface area (Å²) in [5, 5.41) is 3.45. The minimum absolute atomic E-state index is 0.384. The zero-order chi connectivity index (χ0) is 26.2. The summed E-state index contributed by atoms with van der Waals surface area (Å²) in [6.45, 7) is 0. The molecule has 0 amide bonds. The van der Waals surface area contributed by atoms with Gasteiger partial charge >= 0.3 is 5.97 Å². The Kier molecular flexibility index (Phi) is 7.73. The zero-order valence-electron chi connectivity index (χ0n) is 21.0. The molecule has 1 heterocycles. The van der Waals surface area contributed by atoms with Gasteiger partial charge in [-0.1, -0.05) is 103 Å². The molecule has 0 radical (unpaired) electrons. The van der Waals surface area contributed by atoms with Crippen molar-refractivity contribution in [1.29, 1.82) is 0 Å². The van der Waals surface area contributed by atoms with Gasteiger partial charge in [0, 0.05) is 33.9 Å². The maximum atomic E-state index is 12.4. The molecule has 0 aliphatic heterocycles. The van der Waals surface area contributed by atoms with E-state index in [-0.39, 0.29) is 5.97 Å². The second kappa shape index (κ2) is 11.7. The molecule has 0 spiro atoms. The van der Waals surface area contributed by atoms with Gasteiger partial charge in [0.15, 0.2) is 0 Å². The van der Waals surface area contributed by atoms with E-state index in [0.717, 1.165) is 32.7 Å². The van der Waals surface area contributed by atoms with Crippen molar-refractivity contribution in [3.8, 4) is 0 Å². The summed E-state index contributed by atoms with van der Waals surface area (Å²) in [6.07, 6.45) is 7.51. The van der Waals surface area contributed by atoms with Crippen LogP contribution in [0.5, 0.6) is 0 Å². The van der Waals surface area contributed by atoms with E-state index < -0.39 is 7.05 Å². The maximum absolute atomic E-state index is 12.4. The Morgan fingerprint density at radius 3 is 1.74 bits per heavy atom. The van der Waals surface area contributed by atoms with Gasteiger partial charge < -0.3 is 4.74 Å². The van der Waals surface area contributed by atoms with Crippen LogP contribution in [0.1, 0.15) is 21.5 Å². The van der Waals surface area contributed by atoms with Crippen molar-refractivity contribution in [3.63, 3.8) is 0 Å². The first kappa shape index (κ1) is 25.1. The Morgan fingerprint density at radius 1 is 0.711 bits per heavy atom. The minimum Gasteiger partial charge on any atom is -0.465 e. The number of ether oxygens (including phenoxy) is 1. The predicted molar refractivity (Wildman–Crippen MR) is 158 cm³/mol. The van der Waals surface area contributed by atoms with Crippen molar-refractivity contribution in [2.24, 2.45) is 4.74 Å². The fourth-order valence-electron chi connectivity index (χ4n) is 4.40.